The van der Waals surface area contributed by atoms with Crippen LogP contribution in [0.5, 0.6) is 0 Å². The van der Waals surface area contributed by atoms with E-state index in [0.29, 0.717) is 5.56 Å². The molecule has 0 aliphatic carbocycles. The summed E-state index contributed by atoms with van der Waals surface area (Å²) >= 11 is 1.49. The van der Waals surface area contributed by atoms with Crippen LogP contribution < -0.4 is 5.73 Å². The lowest BCUT2D eigenvalue weighted by Gasteiger charge is -2.05. The van der Waals surface area contributed by atoms with Crippen molar-refractivity contribution in [3.8, 4) is 0 Å². The number of aromatic nitrogens is 2. The number of thiophene rings is 1. The Morgan fingerprint density at radius 1 is 1.69 bits per heavy atom. The lowest BCUT2D eigenvalue weighted by atomic mass is 10.1. The Balaban J connectivity index is 2.19. The molecule has 0 radical (unpaired) electrons. The van der Waals surface area contributed by atoms with Gasteiger partial charge in [-0.2, -0.15) is 5.10 Å². The summed E-state index contributed by atoms with van der Waals surface area (Å²) in [6.07, 6.45) is 3.30. The van der Waals surface area contributed by atoms with E-state index in [-0.39, 0.29) is 5.78 Å². The molecule has 0 fully saturated rings. The van der Waals surface area contributed by atoms with Crippen LogP contribution in [-0.2, 0) is 6.54 Å². The molecule has 2 N–H and O–H groups in total. The molecule has 16 heavy (non-hydrogen) atoms. The summed E-state index contributed by atoms with van der Waals surface area (Å²) in [7, 11) is 0. The van der Waals surface area contributed by atoms with Crippen molar-refractivity contribution < 1.29 is 4.79 Å². The van der Waals surface area contributed by atoms with Crippen LogP contribution in [0, 0.1) is 0 Å². The Morgan fingerprint density at radius 3 is 3.06 bits per heavy atom. The van der Waals surface area contributed by atoms with Crippen molar-refractivity contribution in [2.45, 2.75) is 19.5 Å². The first kappa shape index (κ1) is 11.0. The van der Waals surface area contributed by atoms with Crippen LogP contribution in [0.2, 0.25) is 0 Å². The highest BCUT2D eigenvalue weighted by molar-refractivity contribution is 7.10. The first-order chi connectivity index (χ1) is 7.72. The van der Waals surface area contributed by atoms with Gasteiger partial charge in [-0.25, -0.2) is 0 Å². The topological polar surface area (TPSA) is 60.9 Å². The monoisotopic (exact) mass is 235 g/mol. The largest absolute Gasteiger partial charge is 0.317 e. The second-order valence-corrected chi connectivity index (χ2v) is 4.42. The zero-order valence-electron chi connectivity index (χ0n) is 8.96. The molecule has 0 amide bonds. The standard InChI is InChI=1S/C11H13N3OS/c1-2-14-7-8(6-13-14)11(15)10(12)9-4-3-5-16-9/h3-7,10H,2,12H2,1H3. The molecule has 0 saturated heterocycles. The third kappa shape index (κ3) is 2.05. The predicted octanol–water partition coefficient (Wildman–Crippen LogP) is 1.85. The lowest BCUT2D eigenvalue weighted by molar-refractivity contribution is 0.0962. The van der Waals surface area contributed by atoms with Crippen LogP contribution in [0.1, 0.15) is 28.2 Å². The van der Waals surface area contributed by atoms with Gasteiger partial charge < -0.3 is 5.73 Å². The summed E-state index contributed by atoms with van der Waals surface area (Å²) in [4.78, 5) is 12.9. The molecule has 84 valence electrons. The zero-order chi connectivity index (χ0) is 11.5. The van der Waals surface area contributed by atoms with Crippen molar-refractivity contribution in [3.63, 3.8) is 0 Å². The number of rotatable bonds is 4. The van der Waals surface area contributed by atoms with Gasteiger partial charge in [0.25, 0.3) is 0 Å². The number of nitrogens with two attached hydrogens (primary N) is 1. The quantitative estimate of drug-likeness (QED) is 0.823. The lowest BCUT2D eigenvalue weighted by Crippen LogP contribution is -2.20. The molecular weight excluding hydrogens is 222 g/mol. The van der Waals surface area contributed by atoms with Gasteiger partial charge in [-0.3, -0.25) is 9.48 Å². The van der Waals surface area contributed by atoms with E-state index < -0.39 is 6.04 Å². The average Bonchev–Trinajstić information content (AvgIpc) is 2.97. The van der Waals surface area contributed by atoms with Gasteiger partial charge in [-0.15, -0.1) is 11.3 Å². The van der Waals surface area contributed by atoms with E-state index in [9.17, 15) is 4.79 Å². The predicted molar refractivity (Wildman–Crippen MR) is 63.5 cm³/mol. The summed E-state index contributed by atoms with van der Waals surface area (Å²) in [6, 6.07) is 3.19. The number of Topliss-reactive ketones (excluding diaryl/α,β-unsaturated/α-hetero) is 1. The highest BCUT2D eigenvalue weighted by atomic mass is 32.1. The fraction of sp³-hybridized carbons (Fsp3) is 0.273. The highest BCUT2D eigenvalue weighted by Crippen LogP contribution is 2.20. The molecule has 2 aromatic heterocycles. The second-order valence-electron chi connectivity index (χ2n) is 3.44. The van der Waals surface area contributed by atoms with Crippen molar-refractivity contribution in [3.05, 3.63) is 40.3 Å². The zero-order valence-corrected chi connectivity index (χ0v) is 9.78. The fourth-order valence-electron chi connectivity index (χ4n) is 1.44. The van der Waals surface area contributed by atoms with Crippen molar-refractivity contribution in [1.82, 2.24) is 9.78 Å². The van der Waals surface area contributed by atoms with Gasteiger partial charge in [0, 0.05) is 17.6 Å². The van der Waals surface area contributed by atoms with Crippen LogP contribution in [-0.4, -0.2) is 15.6 Å². The molecule has 1 unspecified atom stereocenters. The van der Waals surface area contributed by atoms with Crippen molar-refractivity contribution >= 4 is 17.1 Å². The maximum atomic E-state index is 12.0. The maximum Gasteiger partial charge on any atom is 0.188 e. The number of nitrogens with zero attached hydrogens (tertiary/aromatic N) is 2. The molecule has 2 aromatic rings. The van der Waals surface area contributed by atoms with Gasteiger partial charge in [-0.05, 0) is 18.4 Å². The molecule has 4 nitrogen and oxygen atoms in total. The molecule has 1 atom stereocenters. The van der Waals surface area contributed by atoms with E-state index in [1.165, 1.54) is 11.3 Å². The van der Waals surface area contributed by atoms with Gasteiger partial charge in [-0.1, -0.05) is 6.07 Å². The summed E-state index contributed by atoms with van der Waals surface area (Å²) in [5.41, 5.74) is 6.46. The van der Waals surface area contributed by atoms with Crippen LogP contribution in [0.4, 0.5) is 0 Å². The van der Waals surface area contributed by atoms with Crippen molar-refractivity contribution in [2.24, 2.45) is 5.73 Å². The molecule has 0 aliphatic rings. The van der Waals surface area contributed by atoms with Crippen molar-refractivity contribution in [1.29, 1.82) is 0 Å². The smallest absolute Gasteiger partial charge is 0.188 e. The second kappa shape index (κ2) is 4.59. The number of carbonyl (C=O) groups is 1. The molecule has 0 aromatic carbocycles. The SMILES string of the molecule is CCn1cc(C(=O)C(N)c2cccs2)cn1. The van der Waals surface area contributed by atoms with Crippen LogP contribution >= 0.6 is 11.3 Å². The number of ketones is 1. The Morgan fingerprint density at radius 2 is 2.50 bits per heavy atom. The van der Waals surface area contributed by atoms with E-state index in [1.54, 1.807) is 17.1 Å². The number of aryl methyl sites for hydroxylation is 1. The minimum absolute atomic E-state index is 0.0813. The number of hydrogen-bond donors (Lipinski definition) is 1. The van der Waals surface area contributed by atoms with Crippen LogP contribution in [0.25, 0.3) is 0 Å². The summed E-state index contributed by atoms with van der Waals surface area (Å²) in [5, 5.41) is 5.98. The molecule has 2 heterocycles. The third-order valence-corrected chi connectivity index (χ3v) is 3.33. The molecule has 5 heteroatoms. The molecule has 0 aliphatic heterocycles. The third-order valence-electron chi connectivity index (χ3n) is 2.37. The van der Waals surface area contributed by atoms with Gasteiger partial charge in [0.15, 0.2) is 5.78 Å². The van der Waals surface area contributed by atoms with E-state index in [1.807, 2.05) is 24.4 Å². The number of hydrogen-bond acceptors (Lipinski definition) is 4. The van der Waals surface area contributed by atoms with Gasteiger partial charge in [0.05, 0.1) is 11.8 Å². The molecule has 0 spiro atoms. The molecule has 0 bridgehead atoms. The normalized spacial score (nSPS) is 12.6. The first-order valence-corrected chi connectivity index (χ1v) is 5.96. The highest BCUT2D eigenvalue weighted by Gasteiger charge is 2.19. The van der Waals surface area contributed by atoms with Gasteiger partial charge in [0.2, 0.25) is 0 Å². The summed E-state index contributed by atoms with van der Waals surface area (Å²) in [6.45, 7) is 2.72. The Kier molecular flexibility index (Phi) is 3.17. The average molecular weight is 235 g/mol. The fourth-order valence-corrected chi connectivity index (χ4v) is 2.17. The van der Waals surface area contributed by atoms with E-state index >= 15 is 0 Å². The summed E-state index contributed by atoms with van der Waals surface area (Å²) < 4.78 is 1.72. The minimum atomic E-state index is -0.575. The van der Waals surface area contributed by atoms with Crippen LogP contribution in [0.15, 0.2) is 29.9 Å². The Bertz CT molecular complexity index is 475. The summed E-state index contributed by atoms with van der Waals surface area (Å²) in [5.74, 6) is -0.0813. The Hall–Kier alpha value is -1.46. The number of carbonyl (C=O) groups excluding carboxylic acids is 1. The molecular formula is C11H13N3OS. The minimum Gasteiger partial charge on any atom is -0.317 e. The molecule has 0 saturated carbocycles. The van der Waals surface area contributed by atoms with E-state index in [2.05, 4.69) is 5.10 Å². The van der Waals surface area contributed by atoms with E-state index in [0.717, 1.165) is 11.4 Å². The van der Waals surface area contributed by atoms with E-state index in [4.69, 9.17) is 5.73 Å². The molecule has 2 rings (SSSR count). The Labute approximate surface area is 97.7 Å². The van der Waals surface area contributed by atoms with Gasteiger partial charge >= 0.3 is 0 Å². The maximum absolute atomic E-state index is 12.0. The van der Waals surface area contributed by atoms with Crippen molar-refractivity contribution in [2.75, 3.05) is 0 Å². The van der Waals surface area contributed by atoms with Crippen LogP contribution in [0.3, 0.4) is 0 Å². The van der Waals surface area contributed by atoms with Gasteiger partial charge in [0.1, 0.15) is 6.04 Å². The first-order valence-electron chi connectivity index (χ1n) is 5.08.